The van der Waals surface area contributed by atoms with Crippen LogP contribution >= 0.6 is 11.6 Å². The number of benzene rings is 1. The van der Waals surface area contributed by atoms with Crippen LogP contribution in [0.4, 0.5) is 0 Å². The van der Waals surface area contributed by atoms with Crippen molar-refractivity contribution in [1.82, 2.24) is 15.5 Å². The highest BCUT2D eigenvalue weighted by Gasteiger charge is 2.24. The van der Waals surface area contributed by atoms with Gasteiger partial charge in [0.25, 0.3) is 0 Å². The smallest absolute Gasteiger partial charge is 0.244 e. The van der Waals surface area contributed by atoms with Gasteiger partial charge in [0.05, 0.1) is 6.04 Å². The van der Waals surface area contributed by atoms with E-state index in [0.717, 1.165) is 18.5 Å². The van der Waals surface area contributed by atoms with E-state index in [2.05, 4.69) is 22.4 Å². The van der Waals surface area contributed by atoms with Crippen molar-refractivity contribution in [3.05, 3.63) is 35.2 Å². The van der Waals surface area contributed by atoms with E-state index in [1.54, 1.807) is 0 Å². The van der Waals surface area contributed by atoms with E-state index in [9.17, 15) is 0 Å². The second-order valence-electron chi connectivity index (χ2n) is 5.10. The molecule has 0 saturated carbocycles. The third-order valence-electron chi connectivity index (χ3n) is 3.49. The maximum absolute atomic E-state index is 5.97. The van der Waals surface area contributed by atoms with E-state index in [-0.39, 0.29) is 6.04 Å². The Balaban J connectivity index is 1.83. The summed E-state index contributed by atoms with van der Waals surface area (Å²) in [6.07, 6.45) is 2.24. The van der Waals surface area contributed by atoms with Gasteiger partial charge in [-0.25, -0.2) is 0 Å². The molecule has 1 N–H and O–H groups in total. The van der Waals surface area contributed by atoms with Crippen LogP contribution < -0.4 is 5.32 Å². The molecule has 2 heterocycles. The van der Waals surface area contributed by atoms with Crippen LogP contribution in [0.2, 0.25) is 5.02 Å². The third kappa shape index (κ3) is 2.80. The highest BCUT2D eigenvalue weighted by molar-refractivity contribution is 6.30. The van der Waals surface area contributed by atoms with Gasteiger partial charge in [0.1, 0.15) is 0 Å². The first-order chi connectivity index (χ1) is 9.22. The lowest BCUT2D eigenvalue weighted by Crippen LogP contribution is -2.30. The largest absolute Gasteiger partial charge is 0.337 e. The summed E-state index contributed by atoms with van der Waals surface area (Å²) >= 11 is 5.97. The van der Waals surface area contributed by atoms with Crippen LogP contribution in [0.1, 0.15) is 31.7 Å². The van der Waals surface area contributed by atoms with E-state index in [1.165, 1.54) is 6.42 Å². The zero-order valence-corrected chi connectivity index (χ0v) is 11.5. The van der Waals surface area contributed by atoms with Gasteiger partial charge in [-0.2, -0.15) is 4.98 Å². The van der Waals surface area contributed by atoms with Gasteiger partial charge in [0.15, 0.2) is 0 Å². The Bertz CT molecular complexity index is 569. The maximum atomic E-state index is 5.97. The van der Waals surface area contributed by atoms with E-state index in [0.29, 0.717) is 22.7 Å². The van der Waals surface area contributed by atoms with Crippen LogP contribution in [-0.2, 0) is 0 Å². The lowest BCUT2D eigenvalue weighted by Gasteiger charge is -2.25. The molecule has 1 saturated heterocycles. The molecule has 1 aromatic heterocycles. The molecule has 1 fully saturated rings. The Morgan fingerprint density at radius 1 is 1.42 bits per heavy atom. The van der Waals surface area contributed by atoms with Gasteiger partial charge < -0.3 is 9.84 Å². The molecule has 2 aromatic rings. The molecule has 0 aliphatic carbocycles. The molecule has 19 heavy (non-hydrogen) atoms. The number of piperidine rings is 1. The normalized spacial score (nSPS) is 23.5. The van der Waals surface area contributed by atoms with Gasteiger partial charge in [0.2, 0.25) is 11.7 Å². The predicted octanol–water partition coefficient (Wildman–Crippen LogP) is 3.45. The molecule has 100 valence electrons. The SMILES string of the molecule is C[C@H]1CCN[C@@H](c2nc(-c3cccc(Cl)c3)no2)C1. The predicted molar refractivity (Wildman–Crippen MR) is 73.9 cm³/mol. The lowest BCUT2D eigenvalue weighted by molar-refractivity contribution is 0.260. The van der Waals surface area contributed by atoms with Crippen molar-refractivity contribution >= 4 is 11.6 Å². The van der Waals surface area contributed by atoms with Gasteiger partial charge in [-0.05, 0) is 37.4 Å². The number of hydrogen-bond donors (Lipinski definition) is 1. The molecular weight excluding hydrogens is 262 g/mol. The van der Waals surface area contributed by atoms with Gasteiger partial charge in [-0.15, -0.1) is 0 Å². The molecule has 0 unspecified atom stereocenters. The summed E-state index contributed by atoms with van der Waals surface area (Å²) in [4.78, 5) is 4.48. The van der Waals surface area contributed by atoms with Crippen molar-refractivity contribution < 1.29 is 4.52 Å². The highest BCUT2D eigenvalue weighted by Crippen LogP contribution is 2.27. The zero-order valence-electron chi connectivity index (χ0n) is 10.8. The van der Waals surface area contributed by atoms with E-state index in [4.69, 9.17) is 16.1 Å². The van der Waals surface area contributed by atoms with Crippen molar-refractivity contribution in [1.29, 1.82) is 0 Å². The topological polar surface area (TPSA) is 51.0 Å². The molecule has 1 aliphatic heterocycles. The summed E-state index contributed by atoms with van der Waals surface area (Å²) < 4.78 is 5.38. The quantitative estimate of drug-likeness (QED) is 0.913. The number of rotatable bonds is 2. The van der Waals surface area contributed by atoms with Gasteiger partial charge >= 0.3 is 0 Å². The van der Waals surface area contributed by atoms with Crippen LogP contribution in [0.15, 0.2) is 28.8 Å². The van der Waals surface area contributed by atoms with Gasteiger partial charge in [0, 0.05) is 10.6 Å². The summed E-state index contributed by atoms with van der Waals surface area (Å²) in [5.41, 5.74) is 0.881. The average molecular weight is 278 g/mol. The first-order valence-corrected chi connectivity index (χ1v) is 6.93. The summed E-state index contributed by atoms with van der Waals surface area (Å²) in [6, 6.07) is 7.65. The average Bonchev–Trinajstić information content (AvgIpc) is 2.88. The molecule has 0 radical (unpaired) electrons. The van der Waals surface area contributed by atoms with Crippen molar-refractivity contribution in [3.63, 3.8) is 0 Å². The fourth-order valence-corrected chi connectivity index (χ4v) is 2.61. The van der Waals surface area contributed by atoms with Crippen LogP contribution in [0.3, 0.4) is 0 Å². The first-order valence-electron chi connectivity index (χ1n) is 6.55. The van der Waals surface area contributed by atoms with Crippen molar-refractivity contribution in [2.75, 3.05) is 6.54 Å². The maximum Gasteiger partial charge on any atom is 0.244 e. The lowest BCUT2D eigenvalue weighted by atomic mass is 9.94. The van der Waals surface area contributed by atoms with Crippen molar-refractivity contribution in [2.45, 2.75) is 25.8 Å². The number of nitrogens with zero attached hydrogens (tertiary/aromatic N) is 2. The standard InChI is InChI=1S/C14H16ClN3O/c1-9-5-6-16-12(7-9)14-17-13(18-19-14)10-3-2-4-11(15)8-10/h2-4,8-9,12,16H,5-7H2,1H3/t9-,12+/m0/s1. The minimum Gasteiger partial charge on any atom is -0.337 e. The van der Waals surface area contributed by atoms with E-state index < -0.39 is 0 Å². The summed E-state index contributed by atoms with van der Waals surface area (Å²) in [5.74, 6) is 1.95. The van der Waals surface area contributed by atoms with E-state index in [1.807, 2.05) is 24.3 Å². The molecule has 1 aromatic carbocycles. The molecule has 5 heteroatoms. The number of halogens is 1. The first kappa shape index (κ1) is 12.6. The monoisotopic (exact) mass is 277 g/mol. The van der Waals surface area contributed by atoms with Crippen molar-refractivity contribution in [3.8, 4) is 11.4 Å². The molecule has 1 aliphatic rings. The fourth-order valence-electron chi connectivity index (χ4n) is 2.42. The number of nitrogens with one attached hydrogen (secondary N) is 1. The highest BCUT2D eigenvalue weighted by atomic mass is 35.5. The molecule has 2 atom stereocenters. The van der Waals surface area contributed by atoms with E-state index >= 15 is 0 Å². The number of aromatic nitrogens is 2. The Hall–Kier alpha value is -1.39. The zero-order chi connectivity index (χ0) is 13.2. The Kier molecular flexibility index (Phi) is 3.53. The second kappa shape index (κ2) is 5.31. The Labute approximate surface area is 117 Å². The van der Waals surface area contributed by atoms with Gasteiger partial charge in [-0.3, -0.25) is 0 Å². The van der Waals surface area contributed by atoms with Crippen LogP contribution in [-0.4, -0.2) is 16.7 Å². The Morgan fingerprint density at radius 3 is 3.11 bits per heavy atom. The van der Waals surface area contributed by atoms with Gasteiger partial charge in [-0.1, -0.05) is 35.8 Å². The minimum atomic E-state index is 0.171. The molecule has 4 nitrogen and oxygen atoms in total. The number of hydrogen-bond acceptors (Lipinski definition) is 4. The van der Waals surface area contributed by atoms with Crippen LogP contribution in [0.5, 0.6) is 0 Å². The molecule has 0 amide bonds. The minimum absolute atomic E-state index is 0.171. The summed E-state index contributed by atoms with van der Waals surface area (Å²) in [6.45, 7) is 3.25. The van der Waals surface area contributed by atoms with Crippen LogP contribution in [0.25, 0.3) is 11.4 Å². The molecule has 0 bridgehead atoms. The van der Waals surface area contributed by atoms with Crippen molar-refractivity contribution in [2.24, 2.45) is 5.92 Å². The third-order valence-corrected chi connectivity index (χ3v) is 3.72. The molecule has 3 rings (SSSR count). The second-order valence-corrected chi connectivity index (χ2v) is 5.54. The van der Waals surface area contributed by atoms with Crippen LogP contribution in [0, 0.1) is 5.92 Å². The molecule has 0 spiro atoms. The summed E-state index contributed by atoms with van der Waals surface area (Å²) in [7, 11) is 0. The summed E-state index contributed by atoms with van der Waals surface area (Å²) in [5, 5.41) is 8.14. The Morgan fingerprint density at radius 2 is 2.32 bits per heavy atom. The fraction of sp³-hybridized carbons (Fsp3) is 0.429. The molecular formula is C14H16ClN3O.